The van der Waals surface area contributed by atoms with Gasteiger partial charge in [-0.2, -0.15) is 0 Å². The van der Waals surface area contributed by atoms with Gasteiger partial charge in [-0.25, -0.2) is 4.98 Å². The Hall–Kier alpha value is -1.01. The van der Waals surface area contributed by atoms with E-state index in [0.717, 1.165) is 6.21 Å². The Balaban J connectivity index is 3.31. The summed E-state index contributed by atoms with van der Waals surface area (Å²) in [5.74, 6) is 0. The zero-order chi connectivity index (χ0) is 9.84. The molecule has 0 bridgehead atoms. The lowest BCUT2D eigenvalue weighted by atomic mass is 10.4. The van der Waals surface area contributed by atoms with Crippen LogP contribution in [0.1, 0.15) is 5.56 Å². The first kappa shape index (κ1) is 10.1. The van der Waals surface area contributed by atoms with Gasteiger partial charge in [0.2, 0.25) is 0 Å². The zero-order valence-corrected chi connectivity index (χ0v) is 8.19. The lowest BCUT2D eigenvalue weighted by molar-refractivity contribution is 0.322. The highest BCUT2D eigenvalue weighted by Crippen LogP contribution is 2.11. The van der Waals surface area contributed by atoms with Crippen LogP contribution in [-0.2, 0) is 0 Å². The maximum Gasteiger partial charge on any atom is 0.262 e. The Bertz CT molecular complexity index is 390. The molecule has 13 heavy (non-hydrogen) atoms. The molecule has 0 atom stereocenters. The van der Waals surface area contributed by atoms with E-state index in [0.29, 0.717) is 5.16 Å². The van der Waals surface area contributed by atoms with Gasteiger partial charge in [-0.15, -0.1) is 0 Å². The van der Waals surface area contributed by atoms with Gasteiger partial charge in [-0.3, -0.25) is 4.79 Å². The van der Waals surface area contributed by atoms with Crippen molar-refractivity contribution in [3.63, 3.8) is 0 Å². The average molecular weight is 220 g/mol. The van der Waals surface area contributed by atoms with Gasteiger partial charge in [0, 0.05) is 0 Å². The van der Waals surface area contributed by atoms with Crippen LogP contribution in [0.15, 0.2) is 15.1 Å². The molecule has 0 aromatic carbocycles. The van der Waals surface area contributed by atoms with Gasteiger partial charge in [-0.05, 0) is 6.26 Å². The van der Waals surface area contributed by atoms with Crippen LogP contribution < -0.4 is 5.56 Å². The molecule has 0 fully saturated rings. The molecular weight excluding hydrogens is 214 g/mol. The van der Waals surface area contributed by atoms with Gasteiger partial charge >= 0.3 is 0 Å². The monoisotopic (exact) mass is 219 g/mol. The molecule has 0 aliphatic carbocycles. The van der Waals surface area contributed by atoms with Crippen molar-refractivity contribution in [3.05, 3.63) is 21.1 Å². The largest absolute Gasteiger partial charge is 0.411 e. The highest BCUT2D eigenvalue weighted by Gasteiger charge is 2.06. The van der Waals surface area contributed by atoms with Crippen LogP contribution >= 0.6 is 23.4 Å². The summed E-state index contributed by atoms with van der Waals surface area (Å²) in [5, 5.41) is 11.4. The minimum atomic E-state index is -0.429. The lowest BCUT2D eigenvalue weighted by Crippen LogP contribution is -2.15. The molecule has 0 unspecified atom stereocenters. The summed E-state index contributed by atoms with van der Waals surface area (Å²) in [6.07, 6.45) is 2.70. The van der Waals surface area contributed by atoms with Gasteiger partial charge in [0.25, 0.3) is 5.56 Å². The number of halogens is 1. The van der Waals surface area contributed by atoms with E-state index in [1.54, 1.807) is 6.26 Å². The fourth-order valence-electron chi connectivity index (χ4n) is 0.702. The molecule has 0 saturated carbocycles. The normalized spacial score (nSPS) is 10.9. The number of aromatic nitrogens is 2. The number of aromatic amines is 1. The van der Waals surface area contributed by atoms with E-state index in [1.165, 1.54) is 11.8 Å². The second kappa shape index (κ2) is 4.29. The molecule has 1 aromatic heterocycles. The van der Waals surface area contributed by atoms with Crippen LogP contribution in [0.25, 0.3) is 0 Å². The minimum Gasteiger partial charge on any atom is -0.411 e. The van der Waals surface area contributed by atoms with Gasteiger partial charge in [0.15, 0.2) is 5.16 Å². The van der Waals surface area contributed by atoms with Crippen molar-refractivity contribution in [1.82, 2.24) is 9.97 Å². The van der Waals surface area contributed by atoms with E-state index < -0.39 is 5.56 Å². The van der Waals surface area contributed by atoms with Gasteiger partial charge < -0.3 is 10.2 Å². The van der Waals surface area contributed by atoms with Crippen molar-refractivity contribution in [1.29, 1.82) is 0 Å². The summed E-state index contributed by atoms with van der Waals surface area (Å²) in [5.41, 5.74) is -0.385. The molecule has 0 saturated heterocycles. The number of thioether (sulfide) groups is 1. The Morgan fingerprint density at radius 1 is 1.77 bits per heavy atom. The molecule has 70 valence electrons. The number of nitrogens with one attached hydrogen (secondary N) is 1. The average Bonchev–Trinajstić information content (AvgIpc) is 2.11. The van der Waals surface area contributed by atoms with Crippen LogP contribution in [-0.4, -0.2) is 27.6 Å². The summed E-state index contributed by atoms with van der Waals surface area (Å²) in [7, 11) is 0. The Kier molecular flexibility index (Phi) is 3.32. The number of oxime groups is 1. The Labute approximate surface area is 82.8 Å². The number of hydrogen-bond acceptors (Lipinski definition) is 5. The zero-order valence-electron chi connectivity index (χ0n) is 6.61. The maximum absolute atomic E-state index is 11.2. The Morgan fingerprint density at radius 2 is 2.46 bits per heavy atom. The van der Waals surface area contributed by atoms with E-state index in [2.05, 4.69) is 15.1 Å². The molecule has 0 amide bonds. The van der Waals surface area contributed by atoms with Crippen LogP contribution in [0.2, 0.25) is 5.15 Å². The second-order valence-corrected chi connectivity index (χ2v) is 3.18. The quantitative estimate of drug-likeness (QED) is 0.194. The predicted molar refractivity (Wildman–Crippen MR) is 51.0 cm³/mol. The summed E-state index contributed by atoms with van der Waals surface area (Å²) >= 11 is 6.91. The molecule has 1 heterocycles. The fraction of sp³-hybridized carbons (Fsp3) is 0.167. The standard InChI is InChI=1S/C6H6ClN3O2S/c1-13-6-9-4(7)3(2-8-12)5(11)10-6/h2,12H,1H3,(H,9,10,11)/b8-2+. The third-order valence-corrected chi connectivity index (χ3v) is 2.14. The van der Waals surface area contributed by atoms with Crippen LogP contribution in [0.3, 0.4) is 0 Å². The van der Waals surface area contributed by atoms with Crippen LogP contribution in [0, 0.1) is 0 Å². The van der Waals surface area contributed by atoms with Gasteiger partial charge in [0.1, 0.15) is 5.15 Å². The smallest absolute Gasteiger partial charge is 0.262 e. The molecule has 0 aliphatic rings. The number of rotatable bonds is 2. The maximum atomic E-state index is 11.2. The number of hydrogen-bond donors (Lipinski definition) is 2. The van der Waals surface area contributed by atoms with Crippen molar-refractivity contribution in [3.8, 4) is 0 Å². The number of H-pyrrole nitrogens is 1. The van der Waals surface area contributed by atoms with Crippen molar-refractivity contribution in [2.75, 3.05) is 6.26 Å². The first-order valence-electron chi connectivity index (χ1n) is 3.20. The lowest BCUT2D eigenvalue weighted by Gasteiger charge is -1.98. The van der Waals surface area contributed by atoms with Crippen LogP contribution in [0.4, 0.5) is 0 Å². The summed E-state index contributed by atoms with van der Waals surface area (Å²) in [6, 6.07) is 0. The van der Waals surface area contributed by atoms with Crippen molar-refractivity contribution in [2.45, 2.75) is 5.16 Å². The fourth-order valence-corrected chi connectivity index (χ4v) is 1.35. The Morgan fingerprint density at radius 3 is 2.92 bits per heavy atom. The molecule has 7 heteroatoms. The molecule has 5 nitrogen and oxygen atoms in total. The predicted octanol–water partition coefficient (Wildman–Crippen LogP) is 0.953. The molecular formula is C6H6ClN3O2S. The van der Waals surface area contributed by atoms with E-state index >= 15 is 0 Å². The molecule has 0 radical (unpaired) electrons. The van der Waals surface area contributed by atoms with Gasteiger partial charge in [-0.1, -0.05) is 28.5 Å². The minimum absolute atomic E-state index is 0.0194. The third kappa shape index (κ3) is 2.22. The molecule has 1 rings (SSSR count). The first-order chi connectivity index (χ1) is 6.19. The summed E-state index contributed by atoms with van der Waals surface area (Å²) in [4.78, 5) is 17.5. The van der Waals surface area contributed by atoms with Gasteiger partial charge in [0.05, 0.1) is 11.8 Å². The van der Waals surface area contributed by atoms with Crippen molar-refractivity contribution >= 4 is 29.6 Å². The summed E-state index contributed by atoms with van der Waals surface area (Å²) in [6.45, 7) is 0. The highest BCUT2D eigenvalue weighted by molar-refractivity contribution is 7.98. The van der Waals surface area contributed by atoms with E-state index in [-0.39, 0.29) is 10.7 Å². The topological polar surface area (TPSA) is 78.3 Å². The van der Waals surface area contributed by atoms with Crippen LogP contribution in [0.5, 0.6) is 0 Å². The second-order valence-electron chi connectivity index (χ2n) is 2.02. The number of nitrogens with zero attached hydrogens (tertiary/aromatic N) is 2. The first-order valence-corrected chi connectivity index (χ1v) is 4.80. The SMILES string of the molecule is CSc1nc(Cl)c(/C=N/O)c(=O)[nH]1. The molecule has 0 spiro atoms. The van der Waals surface area contributed by atoms with Crippen molar-refractivity contribution in [2.24, 2.45) is 5.16 Å². The summed E-state index contributed by atoms with van der Waals surface area (Å²) < 4.78 is 0. The molecule has 0 aliphatic heterocycles. The molecule has 2 N–H and O–H groups in total. The highest BCUT2D eigenvalue weighted by atomic mass is 35.5. The van der Waals surface area contributed by atoms with E-state index in [4.69, 9.17) is 16.8 Å². The third-order valence-electron chi connectivity index (χ3n) is 1.27. The molecule has 1 aromatic rings. The van der Waals surface area contributed by atoms with E-state index in [9.17, 15) is 4.79 Å². The van der Waals surface area contributed by atoms with Crippen molar-refractivity contribution < 1.29 is 5.21 Å². The van der Waals surface area contributed by atoms with E-state index in [1.807, 2.05) is 0 Å².